The lowest BCUT2D eigenvalue weighted by molar-refractivity contribution is 0.511. The van der Waals surface area contributed by atoms with Gasteiger partial charge in [0.15, 0.2) is 5.16 Å². The van der Waals surface area contributed by atoms with Crippen LogP contribution in [0.3, 0.4) is 0 Å². The van der Waals surface area contributed by atoms with Crippen molar-refractivity contribution in [3.8, 4) is 17.3 Å². The molecule has 0 fully saturated rings. The van der Waals surface area contributed by atoms with Crippen LogP contribution in [0.2, 0.25) is 0 Å². The normalized spacial score (nSPS) is 13.6. The van der Waals surface area contributed by atoms with Crippen molar-refractivity contribution in [1.29, 1.82) is 5.26 Å². The van der Waals surface area contributed by atoms with Crippen LogP contribution in [-0.4, -0.2) is 20.4 Å². The van der Waals surface area contributed by atoms with E-state index in [9.17, 15) is 10.1 Å². The Hall–Kier alpha value is -2.17. The molecule has 94 valence electrons. The molecule has 0 radical (unpaired) electrons. The number of fused-ring (bicyclic) bond motifs is 1. The van der Waals surface area contributed by atoms with E-state index in [0.29, 0.717) is 29.0 Å². The third kappa shape index (κ3) is 2.01. The van der Waals surface area contributed by atoms with E-state index < -0.39 is 0 Å². The van der Waals surface area contributed by atoms with Crippen LogP contribution >= 0.6 is 11.8 Å². The van der Waals surface area contributed by atoms with Crippen LogP contribution in [0, 0.1) is 11.3 Å². The molecule has 0 spiro atoms. The Bertz CT molecular complexity index is 719. The quantitative estimate of drug-likeness (QED) is 0.772. The summed E-state index contributed by atoms with van der Waals surface area (Å²) in [4.78, 5) is 20.7. The molecule has 2 aromatic heterocycles. The Morgan fingerprint density at radius 1 is 1.53 bits per heavy atom. The molecule has 0 saturated carbocycles. The minimum absolute atomic E-state index is 0.0565. The Kier molecular flexibility index (Phi) is 3.03. The molecule has 1 N–H and O–H groups in total. The van der Waals surface area contributed by atoms with Crippen LogP contribution in [0.1, 0.15) is 5.56 Å². The summed E-state index contributed by atoms with van der Waals surface area (Å²) in [6, 6.07) is 5.50. The van der Waals surface area contributed by atoms with Gasteiger partial charge in [0, 0.05) is 18.0 Å². The molecule has 0 aromatic carbocycles. The van der Waals surface area contributed by atoms with E-state index in [1.807, 2.05) is 6.07 Å². The van der Waals surface area contributed by atoms with Gasteiger partial charge in [-0.05, 0) is 12.1 Å². The summed E-state index contributed by atoms with van der Waals surface area (Å²) in [6.45, 7) is 0.385. The Labute approximate surface area is 113 Å². The predicted octanol–water partition coefficient (Wildman–Crippen LogP) is 0.787. The number of aromatic nitrogens is 3. The number of nitrogens with zero attached hydrogens (tertiary/aromatic N) is 4. The van der Waals surface area contributed by atoms with Gasteiger partial charge in [-0.2, -0.15) is 5.26 Å². The van der Waals surface area contributed by atoms with Crippen LogP contribution < -0.4 is 10.9 Å². The first kappa shape index (κ1) is 11.9. The number of rotatable bonds is 1. The van der Waals surface area contributed by atoms with E-state index >= 15 is 0 Å². The zero-order valence-corrected chi connectivity index (χ0v) is 10.6. The maximum Gasteiger partial charge on any atom is 0.273 e. The summed E-state index contributed by atoms with van der Waals surface area (Å²) in [6.07, 6.45) is 3.24. The topological polar surface area (TPSA) is 83.6 Å². The van der Waals surface area contributed by atoms with Crippen molar-refractivity contribution >= 4 is 11.8 Å². The van der Waals surface area contributed by atoms with Gasteiger partial charge in [-0.15, -0.1) is 0 Å². The molecule has 0 aliphatic carbocycles. The molecule has 7 heteroatoms. The molecular weight excluding hydrogens is 262 g/mol. The highest BCUT2D eigenvalue weighted by molar-refractivity contribution is 7.99. The maximum absolute atomic E-state index is 12.3. The first-order valence-electron chi connectivity index (χ1n) is 5.60. The molecule has 6 nitrogen and oxygen atoms in total. The molecule has 1 aliphatic heterocycles. The fourth-order valence-electron chi connectivity index (χ4n) is 1.87. The van der Waals surface area contributed by atoms with Crippen LogP contribution in [0.15, 0.2) is 34.5 Å². The smallest absolute Gasteiger partial charge is 0.273 e. The van der Waals surface area contributed by atoms with Gasteiger partial charge in [-0.1, -0.05) is 11.8 Å². The summed E-state index contributed by atoms with van der Waals surface area (Å²) in [5.41, 5.74) is 0.826. The molecule has 0 saturated heterocycles. The van der Waals surface area contributed by atoms with Gasteiger partial charge in [-0.25, -0.2) is 4.98 Å². The highest BCUT2D eigenvalue weighted by Crippen LogP contribution is 2.23. The summed E-state index contributed by atoms with van der Waals surface area (Å²) in [5, 5.41) is 12.9. The number of thioether (sulfide) groups is 1. The maximum atomic E-state index is 12.3. The highest BCUT2D eigenvalue weighted by Gasteiger charge is 2.19. The van der Waals surface area contributed by atoms with E-state index in [4.69, 9.17) is 0 Å². The van der Waals surface area contributed by atoms with Crippen molar-refractivity contribution in [2.24, 2.45) is 0 Å². The average molecular weight is 271 g/mol. The molecule has 3 heterocycles. The molecular formula is C12H9N5OS. The van der Waals surface area contributed by atoms with E-state index in [1.165, 1.54) is 16.3 Å². The minimum Gasteiger partial charge on any atom is -0.290 e. The van der Waals surface area contributed by atoms with Gasteiger partial charge >= 0.3 is 0 Å². The molecule has 3 rings (SSSR count). The molecule has 19 heavy (non-hydrogen) atoms. The fourth-order valence-corrected chi connectivity index (χ4v) is 2.65. The fraction of sp³-hybridized carbons (Fsp3) is 0.167. The monoisotopic (exact) mass is 271 g/mol. The lowest BCUT2D eigenvalue weighted by atomic mass is 10.1. The number of hydrogen-bond donors (Lipinski definition) is 1. The van der Waals surface area contributed by atoms with Crippen LogP contribution in [0.4, 0.5) is 0 Å². The molecule has 1 aliphatic rings. The van der Waals surface area contributed by atoms with Crippen molar-refractivity contribution in [3.63, 3.8) is 0 Å². The van der Waals surface area contributed by atoms with Gasteiger partial charge in [0.2, 0.25) is 0 Å². The van der Waals surface area contributed by atoms with Crippen molar-refractivity contribution in [1.82, 2.24) is 19.9 Å². The zero-order valence-electron chi connectivity index (χ0n) is 9.83. The number of nitriles is 1. The minimum atomic E-state index is -0.314. The molecule has 2 aromatic rings. The summed E-state index contributed by atoms with van der Waals surface area (Å²) < 4.78 is 1.48. The largest absolute Gasteiger partial charge is 0.290 e. The van der Waals surface area contributed by atoms with Gasteiger partial charge in [0.25, 0.3) is 5.56 Å². The number of nitrogens with one attached hydrogen (secondary N) is 1. The second-order valence-electron chi connectivity index (χ2n) is 3.90. The summed E-state index contributed by atoms with van der Waals surface area (Å²) >= 11 is 1.44. The highest BCUT2D eigenvalue weighted by atomic mass is 32.2. The first-order valence-corrected chi connectivity index (χ1v) is 6.58. The standard InChI is InChI=1S/C12H9N5OS/c13-4-9-10(8-2-1-3-14-5-8)16-12-17(11(9)18)6-15-7-19-12/h1-3,5,15H,6-7H2. The molecule has 0 unspecified atom stereocenters. The van der Waals surface area contributed by atoms with E-state index in [1.54, 1.807) is 24.5 Å². The third-order valence-corrected chi connectivity index (χ3v) is 3.67. The van der Waals surface area contributed by atoms with Gasteiger partial charge in [0.05, 0.1) is 18.2 Å². The van der Waals surface area contributed by atoms with Crippen molar-refractivity contribution in [2.45, 2.75) is 11.8 Å². The van der Waals surface area contributed by atoms with E-state index in [2.05, 4.69) is 15.3 Å². The van der Waals surface area contributed by atoms with E-state index in [0.717, 1.165) is 0 Å². The Morgan fingerprint density at radius 3 is 3.16 bits per heavy atom. The van der Waals surface area contributed by atoms with Crippen LogP contribution in [0.25, 0.3) is 11.3 Å². The van der Waals surface area contributed by atoms with Gasteiger partial charge < -0.3 is 0 Å². The second-order valence-corrected chi connectivity index (χ2v) is 4.84. The molecule has 0 bridgehead atoms. The summed E-state index contributed by atoms with van der Waals surface area (Å²) in [5.74, 6) is 0.699. The van der Waals surface area contributed by atoms with Crippen molar-refractivity contribution in [3.05, 3.63) is 40.4 Å². The summed E-state index contributed by atoms with van der Waals surface area (Å²) in [7, 11) is 0. The first-order chi connectivity index (χ1) is 9.31. The predicted molar refractivity (Wildman–Crippen MR) is 70.3 cm³/mol. The Morgan fingerprint density at radius 2 is 2.42 bits per heavy atom. The van der Waals surface area contributed by atoms with Gasteiger partial charge in [0.1, 0.15) is 11.6 Å². The number of hydrogen-bond acceptors (Lipinski definition) is 6. The lowest BCUT2D eigenvalue weighted by Gasteiger charge is -2.19. The van der Waals surface area contributed by atoms with Crippen LogP contribution in [-0.2, 0) is 6.67 Å². The van der Waals surface area contributed by atoms with Crippen LogP contribution in [0.5, 0.6) is 0 Å². The second kappa shape index (κ2) is 4.84. The average Bonchev–Trinajstić information content (AvgIpc) is 2.48. The Balaban J connectivity index is 2.29. The zero-order chi connectivity index (χ0) is 13.2. The lowest BCUT2D eigenvalue weighted by Crippen LogP contribution is -2.35. The molecule has 0 atom stereocenters. The number of pyridine rings is 1. The van der Waals surface area contributed by atoms with Crippen molar-refractivity contribution < 1.29 is 0 Å². The third-order valence-electron chi connectivity index (χ3n) is 2.75. The van der Waals surface area contributed by atoms with E-state index in [-0.39, 0.29) is 11.1 Å². The van der Waals surface area contributed by atoms with Gasteiger partial charge in [-0.3, -0.25) is 19.7 Å². The SMILES string of the molecule is N#Cc1c(-c2cccnc2)nc2n(c1=O)CNCS2. The van der Waals surface area contributed by atoms with Crippen molar-refractivity contribution in [2.75, 3.05) is 5.88 Å². The molecule has 0 amide bonds.